The summed E-state index contributed by atoms with van der Waals surface area (Å²) in [6.45, 7) is 3.84. The zero-order valence-electron chi connectivity index (χ0n) is 13.6. The highest BCUT2D eigenvalue weighted by atomic mass is 79.9. The van der Waals surface area contributed by atoms with Crippen LogP contribution in [-0.2, 0) is 4.79 Å². The molecule has 2 amide bonds. The summed E-state index contributed by atoms with van der Waals surface area (Å²) in [5.41, 5.74) is -1.86. The largest absolute Gasteiger partial charge is 0.419 e. The van der Waals surface area contributed by atoms with Crippen LogP contribution in [0.15, 0.2) is 16.6 Å². The molecule has 0 saturated heterocycles. The Labute approximate surface area is 150 Å². The van der Waals surface area contributed by atoms with Gasteiger partial charge >= 0.3 is 11.8 Å². The van der Waals surface area contributed by atoms with Crippen LogP contribution in [-0.4, -0.2) is 29.9 Å². The smallest absolute Gasteiger partial charge is 0.403 e. The Hall–Kier alpha value is -2.30. The highest BCUT2D eigenvalue weighted by molar-refractivity contribution is 9.10. The van der Waals surface area contributed by atoms with E-state index in [0.717, 1.165) is 6.07 Å². The maximum absolute atomic E-state index is 12.4. The maximum atomic E-state index is 12.4. The summed E-state index contributed by atoms with van der Waals surface area (Å²) >= 11 is 3.01. The second-order valence-electron chi connectivity index (χ2n) is 5.89. The molecule has 11 heteroatoms. The molecule has 1 rings (SSSR count). The van der Waals surface area contributed by atoms with E-state index in [0.29, 0.717) is 0 Å². The molecule has 2 N–H and O–H groups in total. The number of nitrogens with one attached hydrogen (secondary N) is 2. The monoisotopic (exact) mass is 423 g/mol. The number of alkyl halides is 2. The van der Waals surface area contributed by atoms with E-state index in [2.05, 4.69) is 21.2 Å². The van der Waals surface area contributed by atoms with E-state index in [1.165, 1.54) is 6.07 Å². The Morgan fingerprint density at radius 3 is 2.44 bits per heavy atom. The lowest BCUT2D eigenvalue weighted by atomic mass is 9.96. The highest BCUT2D eigenvalue weighted by Crippen LogP contribution is 2.40. The van der Waals surface area contributed by atoms with Gasteiger partial charge in [-0.15, -0.1) is 0 Å². The van der Waals surface area contributed by atoms with Crippen molar-refractivity contribution in [2.24, 2.45) is 5.41 Å². The second-order valence-corrected chi connectivity index (χ2v) is 6.75. The molecule has 1 aromatic rings. The molecule has 138 valence electrons. The first-order valence-corrected chi connectivity index (χ1v) is 7.75. The van der Waals surface area contributed by atoms with Crippen molar-refractivity contribution < 1.29 is 28.0 Å². The van der Waals surface area contributed by atoms with E-state index >= 15 is 0 Å². The van der Waals surface area contributed by atoms with Crippen molar-refractivity contribution in [1.29, 1.82) is 0 Å². The quantitative estimate of drug-likeness (QED) is 0.551. The van der Waals surface area contributed by atoms with Crippen LogP contribution in [0.5, 0.6) is 5.75 Å². The number of nitrogens with zero attached hydrogens (tertiary/aromatic N) is 1. The van der Waals surface area contributed by atoms with Crippen molar-refractivity contribution in [3.8, 4) is 5.75 Å². The number of halogens is 3. The number of nitro benzene ring substituents is 1. The van der Waals surface area contributed by atoms with Crippen molar-refractivity contribution in [2.75, 3.05) is 11.9 Å². The molecule has 8 nitrogen and oxygen atoms in total. The van der Waals surface area contributed by atoms with E-state index < -0.39 is 46.7 Å². The molecule has 0 heterocycles. The first kappa shape index (κ1) is 20.7. The number of carbonyl (C=O) groups excluding carboxylic acids is 2. The Balaban J connectivity index is 3.11. The third-order valence-electron chi connectivity index (χ3n) is 2.81. The van der Waals surface area contributed by atoms with Gasteiger partial charge in [0.2, 0.25) is 11.7 Å². The van der Waals surface area contributed by atoms with E-state index in [9.17, 15) is 28.5 Å². The van der Waals surface area contributed by atoms with Gasteiger partial charge in [0.1, 0.15) is 5.69 Å². The van der Waals surface area contributed by atoms with Crippen LogP contribution in [0.3, 0.4) is 0 Å². The third kappa shape index (κ3) is 5.93. The van der Waals surface area contributed by atoms with Gasteiger partial charge in [0.05, 0.1) is 11.5 Å². The molecular weight excluding hydrogens is 408 g/mol. The Morgan fingerprint density at radius 2 is 1.96 bits per heavy atom. The number of rotatable bonds is 5. The lowest BCUT2D eigenvalue weighted by Gasteiger charge is -2.17. The number of hydrogen-bond donors (Lipinski definition) is 2. The number of hydrogen-bond acceptors (Lipinski definition) is 6. The number of imide groups is 1. The van der Waals surface area contributed by atoms with Crippen molar-refractivity contribution in [1.82, 2.24) is 5.32 Å². The van der Waals surface area contributed by atoms with Gasteiger partial charge in [0.15, 0.2) is 0 Å². The highest BCUT2D eigenvalue weighted by Gasteiger charge is 2.28. The standard InChI is InChI=1S/C14H16BrF2N3O5/c1-14(2,3)12(21)19-13(22)25-8-5-4-7(15)10(11(8)20(23)24)18-6-9(16)17/h4-5,9,18H,6H2,1-3H3,(H,19,21,22). The fraction of sp³-hybridized carbons (Fsp3) is 0.429. The molecule has 0 aliphatic carbocycles. The molecule has 0 radical (unpaired) electrons. The van der Waals surface area contributed by atoms with Crippen LogP contribution in [0.2, 0.25) is 0 Å². The van der Waals surface area contributed by atoms with Crippen molar-refractivity contribution >= 4 is 39.3 Å². The number of benzene rings is 1. The molecular formula is C14H16BrF2N3O5. The zero-order valence-corrected chi connectivity index (χ0v) is 15.1. The first-order chi connectivity index (χ1) is 11.4. The number of anilines is 1. The van der Waals surface area contributed by atoms with Crippen molar-refractivity contribution in [3.05, 3.63) is 26.7 Å². The molecule has 0 fully saturated rings. The molecule has 0 unspecified atom stereocenters. The number of ether oxygens (including phenoxy) is 1. The fourth-order valence-corrected chi connectivity index (χ4v) is 2.02. The molecule has 0 atom stereocenters. The minimum Gasteiger partial charge on any atom is -0.403 e. The minimum atomic E-state index is -2.75. The molecule has 0 aromatic heterocycles. The van der Waals surface area contributed by atoms with Crippen LogP contribution >= 0.6 is 15.9 Å². The average Bonchev–Trinajstić information content (AvgIpc) is 2.45. The van der Waals surface area contributed by atoms with Gasteiger partial charge in [-0.25, -0.2) is 13.6 Å². The van der Waals surface area contributed by atoms with Gasteiger partial charge in [0, 0.05) is 9.89 Å². The molecule has 0 aliphatic rings. The normalized spacial score (nSPS) is 11.2. The molecule has 0 aliphatic heterocycles. The summed E-state index contributed by atoms with van der Waals surface area (Å²) < 4.78 is 29.7. The van der Waals surface area contributed by atoms with Crippen LogP contribution < -0.4 is 15.4 Å². The lowest BCUT2D eigenvalue weighted by molar-refractivity contribution is -0.384. The summed E-state index contributed by atoms with van der Waals surface area (Å²) in [4.78, 5) is 33.9. The van der Waals surface area contributed by atoms with Gasteiger partial charge in [-0.05, 0) is 28.1 Å². The van der Waals surface area contributed by atoms with E-state index in [-0.39, 0.29) is 10.2 Å². The van der Waals surface area contributed by atoms with Gasteiger partial charge in [-0.2, -0.15) is 0 Å². The van der Waals surface area contributed by atoms with E-state index in [1.807, 2.05) is 5.32 Å². The van der Waals surface area contributed by atoms with E-state index in [1.54, 1.807) is 20.8 Å². The van der Waals surface area contributed by atoms with Gasteiger partial charge in [0.25, 0.3) is 6.43 Å². The average molecular weight is 424 g/mol. The van der Waals surface area contributed by atoms with Crippen molar-refractivity contribution in [2.45, 2.75) is 27.2 Å². The zero-order chi connectivity index (χ0) is 19.4. The third-order valence-corrected chi connectivity index (χ3v) is 3.47. The van der Waals surface area contributed by atoms with Gasteiger partial charge in [-0.3, -0.25) is 20.2 Å². The molecule has 25 heavy (non-hydrogen) atoms. The fourth-order valence-electron chi connectivity index (χ4n) is 1.56. The summed E-state index contributed by atoms with van der Waals surface area (Å²) in [5.74, 6) is -1.14. The maximum Gasteiger partial charge on any atom is 0.419 e. The number of nitro groups is 1. The lowest BCUT2D eigenvalue weighted by Crippen LogP contribution is -2.40. The summed E-state index contributed by atoms with van der Waals surface area (Å²) in [6, 6.07) is 2.39. The topological polar surface area (TPSA) is 111 Å². The van der Waals surface area contributed by atoms with Crippen LogP contribution in [0.4, 0.5) is 25.0 Å². The second kappa shape index (κ2) is 8.19. The molecule has 0 saturated carbocycles. The predicted octanol–water partition coefficient (Wildman–Crippen LogP) is 3.70. The molecule has 0 bridgehead atoms. The predicted molar refractivity (Wildman–Crippen MR) is 88.9 cm³/mol. The number of amides is 2. The summed E-state index contributed by atoms with van der Waals surface area (Å²) in [7, 11) is 0. The molecule has 0 spiro atoms. The van der Waals surface area contributed by atoms with Crippen LogP contribution in [0, 0.1) is 15.5 Å². The molecule has 1 aromatic carbocycles. The first-order valence-electron chi connectivity index (χ1n) is 6.95. The Kier molecular flexibility index (Phi) is 6.79. The van der Waals surface area contributed by atoms with Gasteiger partial charge < -0.3 is 10.1 Å². The Bertz CT molecular complexity index is 692. The van der Waals surface area contributed by atoms with Crippen LogP contribution in [0.25, 0.3) is 0 Å². The minimum absolute atomic E-state index is 0.137. The number of carbonyl (C=O) groups is 2. The summed E-state index contributed by atoms with van der Waals surface area (Å²) in [6.07, 6.45) is -3.96. The van der Waals surface area contributed by atoms with E-state index in [4.69, 9.17) is 4.74 Å². The summed E-state index contributed by atoms with van der Waals surface area (Å²) in [5, 5.41) is 15.4. The SMILES string of the molecule is CC(C)(C)C(=O)NC(=O)Oc1ccc(Br)c(NCC(F)F)c1[N+](=O)[O-]. The van der Waals surface area contributed by atoms with Crippen LogP contribution in [0.1, 0.15) is 20.8 Å². The Morgan fingerprint density at radius 1 is 1.36 bits per heavy atom. The van der Waals surface area contributed by atoms with Gasteiger partial charge in [-0.1, -0.05) is 20.8 Å². The van der Waals surface area contributed by atoms with Crippen molar-refractivity contribution in [3.63, 3.8) is 0 Å².